The van der Waals surface area contributed by atoms with Crippen molar-refractivity contribution < 1.29 is 24.6 Å². The van der Waals surface area contributed by atoms with Crippen LogP contribution in [0, 0.1) is 5.92 Å². The van der Waals surface area contributed by atoms with Gasteiger partial charge in [0.05, 0.1) is 6.04 Å². The summed E-state index contributed by atoms with van der Waals surface area (Å²) in [6.45, 7) is 0.643. The maximum absolute atomic E-state index is 13.0. The van der Waals surface area contributed by atoms with Gasteiger partial charge in [-0.2, -0.15) is 0 Å². The van der Waals surface area contributed by atoms with E-state index >= 15 is 0 Å². The SMILES string of the molecule is O=C(O)C1=C(CSc2ccncc2)C2CCN(C(=O)NCc3ccc(O)cc3)[C@@H]3C(=O)N1[C@H]23. The summed E-state index contributed by atoms with van der Waals surface area (Å²) >= 11 is 1.52. The average Bonchev–Trinajstić information content (AvgIpc) is 3.15. The number of piperidine rings is 1. The van der Waals surface area contributed by atoms with E-state index in [1.807, 2.05) is 12.1 Å². The van der Waals surface area contributed by atoms with Gasteiger partial charge in [-0.1, -0.05) is 12.1 Å². The molecule has 0 radical (unpaired) electrons. The lowest BCUT2D eigenvalue weighted by atomic mass is 9.78. The third-order valence-corrected chi connectivity index (χ3v) is 7.48. The van der Waals surface area contributed by atoms with E-state index in [-0.39, 0.29) is 41.9 Å². The van der Waals surface area contributed by atoms with Crippen molar-refractivity contribution in [3.8, 4) is 5.75 Å². The Morgan fingerprint density at radius 1 is 1.15 bits per heavy atom. The van der Waals surface area contributed by atoms with Gasteiger partial charge in [0, 0.05) is 42.0 Å². The van der Waals surface area contributed by atoms with E-state index in [1.165, 1.54) is 21.6 Å². The second kappa shape index (κ2) is 8.43. The van der Waals surface area contributed by atoms with Crippen LogP contribution in [0.3, 0.4) is 0 Å². The fourth-order valence-electron chi connectivity index (χ4n) is 4.90. The lowest BCUT2D eigenvalue weighted by Gasteiger charge is -2.53. The summed E-state index contributed by atoms with van der Waals surface area (Å²) in [5.74, 6) is -0.908. The molecule has 10 heteroatoms. The molecule has 1 aromatic carbocycles. The van der Waals surface area contributed by atoms with E-state index in [4.69, 9.17) is 0 Å². The van der Waals surface area contributed by atoms with Crippen molar-refractivity contribution >= 4 is 29.7 Å². The van der Waals surface area contributed by atoms with Crippen molar-refractivity contribution in [1.82, 2.24) is 20.1 Å². The van der Waals surface area contributed by atoms with Gasteiger partial charge < -0.3 is 20.4 Å². The normalized spacial score (nSPS) is 23.3. The standard InChI is InChI=1S/C23H22N4O5S/c28-14-3-1-13(2-4-14)11-25-23(32)26-10-7-16-17(12-33-15-5-8-24-9-6-15)19(22(30)31)27-18(16)20(26)21(27)29/h1-6,8-9,16,18,20,28H,7,10-12H2,(H,25,32)(H,30,31)/t16?,18-,20+/m1/s1. The number of aliphatic carboxylic acids is 1. The number of aromatic hydroxyl groups is 1. The van der Waals surface area contributed by atoms with Gasteiger partial charge in [0.1, 0.15) is 17.5 Å². The third kappa shape index (κ3) is 3.70. The molecule has 3 amide bonds. The number of carboxylic acids is 1. The third-order valence-electron chi connectivity index (χ3n) is 6.42. The van der Waals surface area contributed by atoms with Gasteiger partial charge in [-0.15, -0.1) is 11.8 Å². The molecule has 3 atom stereocenters. The van der Waals surface area contributed by atoms with Crippen molar-refractivity contribution in [3.05, 3.63) is 65.6 Å². The lowest BCUT2D eigenvalue weighted by Crippen LogP contribution is -2.74. The Bertz CT molecular complexity index is 1140. The molecule has 170 valence electrons. The minimum absolute atomic E-state index is 0.0687. The summed E-state index contributed by atoms with van der Waals surface area (Å²) in [6, 6.07) is 8.92. The molecule has 2 fully saturated rings. The number of urea groups is 1. The van der Waals surface area contributed by atoms with E-state index in [0.29, 0.717) is 18.7 Å². The zero-order valence-electron chi connectivity index (χ0n) is 17.5. The Balaban J connectivity index is 1.30. The highest BCUT2D eigenvalue weighted by atomic mass is 32.2. The summed E-state index contributed by atoms with van der Waals surface area (Å²) in [7, 11) is 0. The Labute approximate surface area is 194 Å². The minimum atomic E-state index is -1.11. The van der Waals surface area contributed by atoms with Crippen LogP contribution in [-0.2, 0) is 16.1 Å². The first-order valence-corrected chi connectivity index (χ1v) is 11.6. The number of hydrogen-bond donors (Lipinski definition) is 3. The summed E-state index contributed by atoms with van der Waals surface area (Å²) in [5.41, 5.74) is 1.65. The maximum atomic E-state index is 13.0. The largest absolute Gasteiger partial charge is 0.508 e. The summed E-state index contributed by atoms with van der Waals surface area (Å²) in [6.07, 6.45) is 3.97. The van der Waals surface area contributed by atoms with Crippen molar-refractivity contribution in [1.29, 1.82) is 0 Å². The maximum Gasteiger partial charge on any atom is 0.352 e. The molecular weight excluding hydrogens is 444 g/mol. The zero-order valence-corrected chi connectivity index (χ0v) is 18.4. The number of nitrogens with zero attached hydrogens (tertiary/aromatic N) is 3. The number of thioether (sulfide) groups is 1. The van der Waals surface area contributed by atoms with Gasteiger partial charge in [0.25, 0.3) is 5.91 Å². The first-order chi connectivity index (χ1) is 16.0. The van der Waals surface area contributed by atoms with Crippen LogP contribution in [0.4, 0.5) is 4.79 Å². The fraction of sp³-hybridized carbons (Fsp3) is 0.304. The van der Waals surface area contributed by atoms with Gasteiger partial charge in [0.2, 0.25) is 0 Å². The molecular formula is C23H22N4O5S. The Hall–Kier alpha value is -3.53. The molecule has 3 aliphatic rings. The summed E-state index contributed by atoms with van der Waals surface area (Å²) < 4.78 is 0. The van der Waals surface area contributed by atoms with Crippen molar-refractivity contribution in [2.45, 2.75) is 29.9 Å². The molecule has 0 spiro atoms. The van der Waals surface area contributed by atoms with Crippen LogP contribution in [0.25, 0.3) is 0 Å². The topological polar surface area (TPSA) is 123 Å². The van der Waals surface area contributed by atoms with E-state index in [9.17, 15) is 24.6 Å². The number of nitrogens with one attached hydrogen (secondary N) is 1. The summed E-state index contributed by atoms with van der Waals surface area (Å²) in [4.78, 5) is 45.8. The van der Waals surface area contributed by atoms with Crippen molar-refractivity contribution in [2.24, 2.45) is 5.92 Å². The predicted molar refractivity (Wildman–Crippen MR) is 119 cm³/mol. The van der Waals surface area contributed by atoms with Crippen LogP contribution in [-0.4, -0.2) is 67.3 Å². The number of rotatable bonds is 6. The molecule has 3 aliphatic heterocycles. The van der Waals surface area contributed by atoms with E-state index in [2.05, 4.69) is 10.3 Å². The second-order valence-electron chi connectivity index (χ2n) is 8.21. The number of phenolic OH excluding ortho intramolecular Hbond substituents is 1. The number of phenols is 1. The predicted octanol–water partition coefficient (Wildman–Crippen LogP) is 2.04. The molecule has 5 rings (SSSR count). The summed E-state index contributed by atoms with van der Waals surface area (Å²) in [5, 5.41) is 22.1. The number of hydrogen-bond acceptors (Lipinski definition) is 6. The highest BCUT2D eigenvalue weighted by Gasteiger charge is 2.64. The van der Waals surface area contributed by atoms with Gasteiger partial charge in [-0.25, -0.2) is 9.59 Å². The van der Waals surface area contributed by atoms with Gasteiger partial charge in [-0.05, 0) is 41.8 Å². The molecule has 0 bridgehead atoms. The zero-order chi connectivity index (χ0) is 23.1. The highest BCUT2D eigenvalue weighted by Crippen LogP contribution is 2.50. The first-order valence-electron chi connectivity index (χ1n) is 10.6. The van der Waals surface area contributed by atoms with Crippen molar-refractivity contribution in [3.63, 3.8) is 0 Å². The Morgan fingerprint density at radius 2 is 1.88 bits per heavy atom. The molecule has 0 saturated carbocycles. The van der Waals surface area contributed by atoms with Crippen LogP contribution in [0.2, 0.25) is 0 Å². The smallest absolute Gasteiger partial charge is 0.352 e. The van der Waals surface area contributed by atoms with E-state index in [0.717, 1.165) is 16.0 Å². The minimum Gasteiger partial charge on any atom is -0.508 e. The number of carbonyl (C=O) groups is 3. The number of pyridine rings is 1. The molecule has 33 heavy (non-hydrogen) atoms. The molecule has 0 aliphatic carbocycles. The number of β-lactam (4-membered cyclic amide) rings is 1. The van der Waals surface area contributed by atoms with Crippen LogP contribution in [0.1, 0.15) is 12.0 Å². The Morgan fingerprint density at radius 3 is 2.58 bits per heavy atom. The van der Waals surface area contributed by atoms with E-state index in [1.54, 1.807) is 36.7 Å². The number of carboxylic acid groups (broad SMARTS) is 1. The van der Waals surface area contributed by atoms with Crippen LogP contribution < -0.4 is 5.32 Å². The van der Waals surface area contributed by atoms with Gasteiger partial charge in [-0.3, -0.25) is 14.7 Å². The van der Waals surface area contributed by atoms with Gasteiger partial charge in [0.15, 0.2) is 0 Å². The average molecular weight is 467 g/mol. The lowest BCUT2D eigenvalue weighted by molar-refractivity contribution is -0.160. The highest BCUT2D eigenvalue weighted by molar-refractivity contribution is 7.99. The molecule has 1 unspecified atom stereocenters. The number of amides is 3. The first kappa shape index (κ1) is 21.3. The molecule has 3 N–H and O–H groups in total. The quantitative estimate of drug-likeness (QED) is 0.440. The Kier molecular flexibility index (Phi) is 5.45. The number of benzene rings is 1. The second-order valence-corrected chi connectivity index (χ2v) is 9.26. The van der Waals surface area contributed by atoms with Crippen LogP contribution in [0.5, 0.6) is 5.75 Å². The monoisotopic (exact) mass is 466 g/mol. The molecule has 4 heterocycles. The van der Waals surface area contributed by atoms with Crippen LogP contribution in [0.15, 0.2) is 65.0 Å². The van der Waals surface area contributed by atoms with Crippen LogP contribution >= 0.6 is 11.8 Å². The molecule has 9 nitrogen and oxygen atoms in total. The van der Waals surface area contributed by atoms with E-state index < -0.39 is 12.0 Å². The molecule has 2 aromatic rings. The molecule has 2 saturated heterocycles. The fourth-order valence-corrected chi connectivity index (χ4v) is 5.89. The number of carbonyl (C=O) groups excluding carboxylic acids is 2. The number of aromatic nitrogens is 1. The van der Waals surface area contributed by atoms with Gasteiger partial charge >= 0.3 is 12.0 Å². The van der Waals surface area contributed by atoms with Crippen molar-refractivity contribution in [2.75, 3.05) is 12.3 Å². The molecule has 1 aromatic heterocycles. The number of likely N-dealkylation sites (tertiary alicyclic amines) is 1.